The summed E-state index contributed by atoms with van der Waals surface area (Å²) in [6.45, 7) is 4.19. The van der Waals surface area contributed by atoms with Crippen molar-refractivity contribution in [2.45, 2.75) is 13.8 Å². The fourth-order valence-electron chi connectivity index (χ4n) is 2.28. The molecule has 2 aromatic carbocycles. The molecule has 124 valence electrons. The first kappa shape index (κ1) is 17.0. The number of amides is 1. The molecule has 24 heavy (non-hydrogen) atoms. The molecule has 0 aliphatic carbocycles. The maximum atomic E-state index is 12.3. The number of aryl methyl sites for hydroxylation is 2. The SMILES string of the molecule is Cc1cc(NC(=S)NC(=O)c2ccc3c(c2)OCO3)c(C)cc1I. The molecule has 0 saturated heterocycles. The number of ether oxygens (including phenoxy) is 2. The van der Waals surface area contributed by atoms with Gasteiger partial charge in [-0.3, -0.25) is 10.1 Å². The molecule has 1 aliphatic heterocycles. The Hall–Kier alpha value is -1.87. The fraction of sp³-hybridized carbons (Fsp3) is 0.176. The summed E-state index contributed by atoms with van der Waals surface area (Å²) in [4.78, 5) is 12.3. The average Bonchev–Trinajstić information content (AvgIpc) is 3.00. The average molecular weight is 454 g/mol. The monoisotopic (exact) mass is 454 g/mol. The van der Waals surface area contributed by atoms with Gasteiger partial charge in [0, 0.05) is 14.8 Å². The van der Waals surface area contributed by atoms with E-state index in [4.69, 9.17) is 21.7 Å². The number of carbonyl (C=O) groups excluding carboxylic acids is 1. The van der Waals surface area contributed by atoms with Crippen LogP contribution in [0.5, 0.6) is 11.5 Å². The minimum atomic E-state index is -0.300. The van der Waals surface area contributed by atoms with Crippen molar-refractivity contribution in [2.75, 3.05) is 12.1 Å². The molecular weight excluding hydrogens is 439 g/mol. The van der Waals surface area contributed by atoms with Gasteiger partial charge in [0.05, 0.1) is 0 Å². The molecule has 1 aliphatic rings. The number of halogens is 1. The Morgan fingerprint density at radius 1 is 1.12 bits per heavy atom. The van der Waals surface area contributed by atoms with E-state index in [0.717, 1.165) is 16.8 Å². The second-order valence-electron chi connectivity index (χ2n) is 5.39. The van der Waals surface area contributed by atoms with Gasteiger partial charge in [0.1, 0.15) is 0 Å². The summed E-state index contributed by atoms with van der Waals surface area (Å²) in [5.74, 6) is 0.897. The number of hydrogen-bond acceptors (Lipinski definition) is 4. The minimum absolute atomic E-state index is 0.172. The topological polar surface area (TPSA) is 59.6 Å². The largest absolute Gasteiger partial charge is 0.454 e. The Morgan fingerprint density at radius 2 is 1.88 bits per heavy atom. The van der Waals surface area contributed by atoms with Crippen LogP contribution in [0.1, 0.15) is 21.5 Å². The van der Waals surface area contributed by atoms with E-state index in [1.807, 2.05) is 19.9 Å². The summed E-state index contributed by atoms with van der Waals surface area (Å²) in [5, 5.41) is 6.00. The van der Waals surface area contributed by atoms with Crippen molar-refractivity contribution in [1.82, 2.24) is 5.32 Å². The Morgan fingerprint density at radius 3 is 2.67 bits per heavy atom. The molecule has 0 bridgehead atoms. The molecule has 0 fully saturated rings. The molecule has 0 radical (unpaired) electrons. The summed E-state index contributed by atoms with van der Waals surface area (Å²) in [6, 6.07) is 9.10. The number of nitrogens with one attached hydrogen (secondary N) is 2. The van der Waals surface area contributed by atoms with E-state index >= 15 is 0 Å². The first-order valence-electron chi connectivity index (χ1n) is 7.23. The Balaban J connectivity index is 1.69. The van der Waals surface area contributed by atoms with Crippen molar-refractivity contribution in [3.8, 4) is 11.5 Å². The van der Waals surface area contributed by atoms with Gasteiger partial charge in [-0.15, -0.1) is 0 Å². The minimum Gasteiger partial charge on any atom is -0.454 e. The van der Waals surface area contributed by atoms with Crippen molar-refractivity contribution in [3.05, 3.63) is 50.6 Å². The molecule has 0 saturated carbocycles. The van der Waals surface area contributed by atoms with Gasteiger partial charge < -0.3 is 14.8 Å². The first-order chi connectivity index (χ1) is 11.4. The van der Waals surface area contributed by atoms with Crippen molar-refractivity contribution < 1.29 is 14.3 Å². The summed E-state index contributed by atoms with van der Waals surface area (Å²) >= 11 is 7.54. The highest BCUT2D eigenvalue weighted by atomic mass is 127. The maximum absolute atomic E-state index is 12.3. The van der Waals surface area contributed by atoms with Gasteiger partial charge >= 0.3 is 0 Å². The second kappa shape index (κ2) is 6.94. The van der Waals surface area contributed by atoms with E-state index in [-0.39, 0.29) is 17.8 Å². The predicted molar refractivity (Wildman–Crippen MR) is 105 cm³/mol. The van der Waals surface area contributed by atoms with Crippen LogP contribution in [0.2, 0.25) is 0 Å². The Labute approximate surface area is 158 Å². The van der Waals surface area contributed by atoms with Gasteiger partial charge in [-0.2, -0.15) is 0 Å². The molecule has 0 aromatic heterocycles. The maximum Gasteiger partial charge on any atom is 0.257 e. The summed E-state index contributed by atoms with van der Waals surface area (Å²) in [6.07, 6.45) is 0. The lowest BCUT2D eigenvalue weighted by Gasteiger charge is -2.13. The van der Waals surface area contributed by atoms with Crippen LogP contribution in [-0.2, 0) is 0 Å². The van der Waals surface area contributed by atoms with Crippen molar-refractivity contribution in [1.29, 1.82) is 0 Å². The number of benzene rings is 2. The van der Waals surface area contributed by atoms with Crippen LogP contribution in [0.3, 0.4) is 0 Å². The van der Waals surface area contributed by atoms with E-state index in [2.05, 4.69) is 39.3 Å². The van der Waals surface area contributed by atoms with Crippen LogP contribution >= 0.6 is 34.8 Å². The van der Waals surface area contributed by atoms with Gasteiger partial charge in [0.2, 0.25) is 6.79 Å². The third-order valence-corrected chi connectivity index (χ3v) is 4.98. The molecule has 1 amide bonds. The van der Waals surface area contributed by atoms with Crippen LogP contribution in [0.4, 0.5) is 5.69 Å². The third-order valence-electron chi connectivity index (χ3n) is 3.62. The standard InChI is InChI=1S/C17H15IN2O3S/c1-9-6-13(10(2)5-12(9)18)19-17(24)20-16(21)11-3-4-14-15(7-11)23-8-22-14/h3-7H,8H2,1-2H3,(H2,19,20,21,24). The van der Waals surface area contributed by atoms with E-state index in [1.54, 1.807) is 18.2 Å². The van der Waals surface area contributed by atoms with E-state index in [1.165, 1.54) is 3.57 Å². The van der Waals surface area contributed by atoms with Crippen LogP contribution in [0.15, 0.2) is 30.3 Å². The number of fused-ring (bicyclic) bond motifs is 1. The van der Waals surface area contributed by atoms with Crippen LogP contribution < -0.4 is 20.1 Å². The van der Waals surface area contributed by atoms with Crippen molar-refractivity contribution in [2.24, 2.45) is 0 Å². The molecular formula is C17H15IN2O3S. The highest BCUT2D eigenvalue weighted by Crippen LogP contribution is 2.32. The Bertz CT molecular complexity index is 839. The highest BCUT2D eigenvalue weighted by molar-refractivity contribution is 14.1. The molecule has 3 rings (SSSR count). The zero-order chi connectivity index (χ0) is 17.3. The molecule has 0 spiro atoms. The lowest BCUT2D eigenvalue weighted by Crippen LogP contribution is -2.34. The smallest absolute Gasteiger partial charge is 0.257 e. The van der Waals surface area contributed by atoms with Crippen molar-refractivity contribution in [3.63, 3.8) is 0 Å². The number of rotatable bonds is 2. The zero-order valence-electron chi connectivity index (χ0n) is 13.1. The fourth-order valence-corrected chi connectivity index (χ4v) is 3.11. The van der Waals surface area contributed by atoms with Gasteiger partial charge in [-0.05, 0) is 90.1 Å². The van der Waals surface area contributed by atoms with Crippen LogP contribution in [-0.4, -0.2) is 17.8 Å². The number of anilines is 1. The molecule has 0 unspecified atom stereocenters. The second-order valence-corrected chi connectivity index (χ2v) is 6.96. The summed E-state index contributed by atoms with van der Waals surface area (Å²) in [7, 11) is 0. The summed E-state index contributed by atoms with van der Waals surface area (Å²) in [5.41, 5.74) is 3.54. The molecule has 2 aromatic rings. The summed E-state index contributed by atoms with van der Waals surface area (Å²) < 4.78 is 11.7. The van der Waals surface area contributed by atoms with E-state index in [0.29, 0.717) is 17.1 Å². The van der Waals surface area contributed by atoms with Crippen LogP contribution in [0, 0.1) is 17.4 Å². The van der Waals surface area contributed by atoms with Gasteiger partial charge in [0.15, 0.2) is 16.6 Å². The molecule has 7 heteroatoms. The van der Waals surface area contributed by atoms with Crippen LogP contribution in [0.25, 0.3) is 0 Å². The third kappa shape index (κ3) is 3.62. The predicted octanol–water partition coefficient (Wildman–Crippen LogP) is 3.76. The molecule has 2 N–H and O–H groups in total. The lowest BCUT2D eigenvalue weighted by atomic mass is 10.1. The van der Waals surface area contributed by atoms with E-state index < -0.39 is 0 Å². The van der Waals surface area contributed by atoms with Crippen molar-refractivity contribution >= 4 is 51.5 Å². The number of thiocarbonyl (C=S) groups is 1. The normalized spacial score (nSPS) is 12.0. The van der Waals surface area contributed by atoms with Gasteiger partial charge in [0.25, 0.3) is 5.91 Å². The first-order valence-corrected chi connectivity index (χ1v) is 8.71. The molecule has 1 heterocycles. The van der Waals surface area contributed by atoms with E-state index in [9.17, 15) is 4.79 Å². The Kier molecular flexibility index (Phi) is 4.91. The van der Waals surface area contributed by atoms with Gasteiger partial charge in [-0.25, -0.2) is 0 Å². The van der Waals surface area contributed by atoms with Gasteiger partial charge in [-0.1, -0.05) is 0 Å². The zero-order valence-corrected chi connectivity index (χ0v) is 16.1. The molecule has 0 atom stereocenters. The lowest BCUT2D eigenvalue weighted by molar-refractivity contribution is 0.0977. The highest BCUT2D eigenvalue weighted by Gasteiger charge is 2.17. The number of hydrogen-bond donors (Lipinski definition) is 2. The quantitative estimate of drug-likeness (QED) is 0.535. The molecule has 5 nitrogen and oxygen atoms in total. The number of carbonyl (C=O) groups is 1.